The molecular weight excluding hydrogens is 170 g/mol. The van der Waals surface area contributed by atoms with Crippen LogP contribution in [0.15, 0.2) is 30.3 Å². The molecular formula is C13H19N. The average Bonchev–Trinajstić information content (AvgIpc) is 2.30. The molecule has 14 heavy (non-hydrogen) atoms. The molecule has 2 atom stereocenters. The summed E-state index contributed by atoms with van der Waals surface area (Å²) in [4.78, 5) is 0. The Labute approximate surface area is 86.3 Å². The van der Waals surface area contributed by atoms with Crippen LogP contribution in [0.5, 0.6) is 0 Å². The van der Waals surface area contributed by atoms with E-state index in [-0.39, 0.29) is 0 Å². The zero-order valence-electron chi connectivity index (χ0n) is 8.65. The van der Waals surface area contributed by atoms with Gasteiger partial charge in [0.1, 0.15) is 0 Å². The second kappa shape index (κ2) is 4.61. The van der Waals surface area contributed by atoms with E-state index in [2.05, 4.69) is 30.3 Å². The fourth-order valence-electron chi connectivity index (χ4n) is 2.53. The predicted octanol–water partition coefficient (Wildman–Crippen LogP) is 2.92. The van der Waals surface area contributed by atoms with Crippen LogP contribution in [0.3, 0.4) is 0 Å². The second-order valence-electron chi connectivity index (χ2n) is 4.38. The number of nitrogens with two attached hydrogens (primary N) is 1. The van der Waals surface area contributed by atoms with Crippen molar-refractivity contribution in [3.05, 3.63) is 35.9 Å². The van der Waals surface area contributed by atoms with E-state index in [1.807, 2.05) is 0 Å². The Kier molecular flexibility index (Phi) is 3.20. The molecule has 0 radical (unpaired) electrons. The van der Waals surface area contributed by atoms with E-state index in [0.29, 0.717) is 0 Å². The molecule has 0 amide bonds. The van der Waals surface area contributed by atoms with Gasteiger partial charge in [-0.25, -0.2) is 0 Å². The van der Waals surface area contributed by atoms with Gasteiger partial charge < -0.3 is 5.73 Å². The zero-order valence-corrected chi connectivity index (χ0v) is 8.65. The van der Waals surface area contributed by atoms with E-state index < -0.39 is 0 Å². The Bertz CT molecular complexity index is 268. The molecule has 1 aliphatic carbocycles. The summed E-state index contributed by atoms with van der Waals surface area (Å²) >= 11 is 0. The fourth-order valence-corrected chi connectivity index (χ4v) is 2.53. The maximum Gasteiger partial charge on any atom is -0.00486 e. The van der Waals surface area contributed by atoms with E-state index in [9.17, 15) is 0 Å². The van der Waals surface area contributed by atoms with Crippen molar-refractivity contribution in [1.82, 2.24) is 0 Å². The van der Waals surface area contributed by atoms with Crippen LogP contribution in [0, 0.1) is 5.92 Å². The van der Waals surface area contributed by atoms with Gasteiger partial charge in [0, 0.05) is 0 Å². The lowest BCUT2D eigenvalue weighted by atomic mass is 9.78. The zero-order chi connectivity index (χ0) is 9.80. The fraction of sp³-hybridized carbons (Fsp3) is 0.538. The van der Waals surface area contributed by atoms with E-state index in [1.54, 1.807) is 0 Å². The molecule has 1 aromatic rings. The lowest BCUT2D eigenvalue weighted by Gasteiger charge is -2.28. The Morgan fingerprint density at radius 1 is 1.14 bits per heavy atom. The van der Waals surface area contributed by atoms with Gasteiger partial charge in [0.05, 0.1) is 0 Å². The molecule has 0 aliphatic heterocycles. The molecule has 1 fully saturated rings. The molecule has 0 aromatic heterocycles. The number of hydrogen-bond donors (Lipinski definition) is 1. The molecule has 1 heteroatoms. The third-order valence-electron chi connectivity index (χ3n) is 3.39. The standard InChI is InChI=1S/C13H19N/c14-10-11-5-4-8-13(9-11)12-6-2-1-3-7-12/h1-3,6-7,11,13H,4-5,8-10,14H2/t11?,13-/m0/s1. The number of hydrogen-bond acceptors (Lipinski definition) is 1. The van der Waals surface area contributed by atoms with Crippen molar-refractivity contribution < 1.29 is 0 Å². The molecule has 1 unspecified atom stereocenters. The smallest absolute Gasteiger partial charge is 0.00486 e. The van der Waals surface area contributed by atoms with Gasteiger partial charge in [-0.15, -0.1) is 0 Å². The first-order valence-corrected chi connectivity index (χ1v) is 5.65. The summed E-state index contributed by atoms with van der Waals surface area (Å²) in [6.07, 6.45) is 5.32. The summed E-state index contributed by atoms with van der Waals surface area (Å²) < 4.78 is 0. The minimum atomic E-state index is 0.758. The van der Waals surface area contributed by atoms with Gasteiger partial charge in [0.15, 0.2) is 0 Å². The van der Waals surface area contributed by atoms with Gasteiger partial charge in [0.2, 0.25) is 0 Å². The van der Waals surface area contributed by atoms with Crippen molar-refractivity contribution in [2.45, 2.75) is 31.6 Å². The van der Waals surface area contributed by atoms with Crippen molar-refractivity contribution in [2.24, 2.45) is 11.7 Å². The van der Waals surface area contributed by atoms with Crippen LogP contribution in [-0.2, 0) is 0 Å². The van der Waals surface area contributed by atoms with Crippen LogP contribution in [0.4, 0.5) is 0 Å². The maximum atomic E-state index is 5.74. The predicted molar refractivity (Wildman–Crippen MR) is 60.2 cm³/mol. The van der Waals surface area contributed by atoms with Crippen LogP contribution >= 0.6 is 0 Å². The molecule has 0 saturated heterocycles. The summed E-state index contributed by atoms with van der Waals surface area (Å²) in [6, 6.07) is 10.9. The lowest BCUT2D eigenvalue weighted by molar-refractivity contribution is 0.329. The van der Waals surface area contributed by atoms with Crippen molar-refractivity contribution in [3.8, 4) is 0 Å². The van der Waals surface area contributed by atoms with Crippen molar-refractivity contribution in [2.75, 3.05) is 6.54 Å². The molecule has 1 nitrogen and oxygen atoms in total. The Balaban J connectivity index is 2.04. The van der Waals surface area contributed by atoms with Gasteiger partial charge >= 0.3 is 0 Å². The third-order valence-corrected chi connectivity index (χ3v) is 3.39. The first kappa shape index (κ1) is 9.72. The van der Waals surface area contributed by atoms with Crippen molar-refractivity contribution >= 4 is 0 Å². The summed E-state index contributed by atoms with van der Waals surface area (Å²) in [7, 11) is 0. The Hall–Kier alpha value is -0.820. The van der Waals surface area contributed by atoms with Gasteiger partial charge in [-0.1, -0.05) is 36.8 Å². The molecule has 2 N–H and O–H groups in total. The minimum absolute atomic E-state index is 0.758. The summed E-state index contributed by atoms with van der Waals surface area (Å²) in [5.74, 6) is 1.52. The van der Waals surface area contributed by atoms with E-state index >= 15 is 0 Å². The third kappa shape index (κ3) is 2.16. The minimum Gasteiger partial charge on any atom is -0.330 e. The largest absolute Gasteiger partial charge is 0.330 e. The first-order valence-electron chi connectivity index (χ1n) is 5.65. The molecule has 76 valence electrons. The summed E-state index contributed by atoms with van der Waals surface area (Å²) in [5.41, 5.74) is 7.25. The van der Waals surface area contributed by atoms with Crippen LogP contribution in [0.25, 0.3) is 0 Å². The maximum absolute atomic E-state index is 5.74. The molecule has 0 spiro atoms. The van der Waals surface area contributed by atoms with Crippen molar-refractivity contribution in [1.29, 1.82) is 0 Å². The van der Waals surface area contributed by atoms with Gasteiger partial charge in [-0.2, -0.15) is 0 Å². The highest BCUT2D eigenvalue weighted by Gasteiger charge is 2.21. The van der Waals surface area contributed by atoms with Crippen LogP contribution in [-0.4, -0.2) is 6.54 Å². The quantitative estimate of drug-likeness (QED) is 0.760. The molecule has 1 saturated carbocycles. The van der Waals surface area contributed by atoms with E-state index in [4.69, 9.17) is 5.73 Å². The van der Waals surface area contributed by atoms with E-state index in [1.165, 1.54) is 31.2 Å². The SMILES string of the molecule is NCC1CCC[C@H](c2ccccc2)C1. The van der Waals surface area contributed by atoms with Crippen LogP contribution < -0.4 is 5.73 Å². The van der Waals surface area contributed by atoms with Crippen LogP contribution in [0.1, 0.15) is 37.2 Å². The highest BCUT2D eigenvalue weighted by atomic mass is 14.6. The van der Waals surface area contributed by atoms with Gasteiger partial charge in [0.25, 0.3) is 0 Å². The monoisotopic (exact) mass is 189 g/mol. The van der Waals surface area contributed by atoms with Crippen LogP contribution in [0.2, 0.25) is 0 Å². The highest BCUT2D eigenvalue weighted by Crippen LogP contribution is 2.35. The Morgan fingerprint density at radius 2 is 1.93 bits per heavy atom. The molecule has 1 aromatic carbocycles. The summed E-state index contributed by atoms with van der Waals surface area (Å²) in [6.45, 7) is 0.864. The van der Waals surface area contributed by atoms with E-state index in [0.717, 1.165) is 18.4 Å². The number of rotatable bonds is 2. The normalized spacial score (nSPS) is 27.5. The molecule has 0 heterocycles. The number of benzene rings is 1. The summed E-state index contributed by atoms with van der Waals surface area (Å²) in [5, 5.41) is 0. The topological polar surface area (TPSA) is 26.0 Å². The van der Waals surface area contributed by atoms with Gasteiger partial charge in [-0.3, -0.25) is 0 Å². The molecule has 1 aliphatic rings. The highest BCUT2D eigenvalue weighted by molar-refractivity contribution is 5.19. The first-order chi connectivity index (χ1) is 6.90. The molecule has 2 rings (SSSR count). The molecule has 0 bridgehead atoms. The second-order valence-corrected chi connectivity index (χ2v) is 4.38. The average molecular weight is 189 g/mol. The lowest BCUT2D eigenvalue weighted by Crippen LogP contribution is -2.21. The Morgan fingerprint density at radius 3 is 2.64 bits per heavy atom. The van der Waals surface area contributed by atoms with Crippen molar-refractivity contribution in [3.63, 3.8) is 0 Å². The van der Waals surface area contributed by atoms with Gasteiger partial charge in [-0.05, 0) is 43.2 Å².